The first-order chi connectivity index (χ1) is 14.8. The SMILES string of the molecule is Cc1nc([C@@H]2CCCN2S(=O)(=O)c2ccccc2)nc2c1CCC(=O)N2CCC(C)C. The Kier molecular flexibility index (Phi) is 6.12. The van der Waals surface area contributed by atoms with Crippen LogP contribution in [-0.2, 0) is 21.2 Å². The lowest BCUT2D eigenvalue weighted by atomic mass is 10.0. The van der Waals surface area contributed by atoms with Gasteiger partial charge in [-0.25, -0.2) is 18.4 Å². The van der Waals surface area contributed by atoms with Crippen LogP contribution in [0, 0.1) is 12.8 Å². The number of aromatic nitrogens is 2. The fourth-order valence-corrected chi connectivity index (χ4v) is 6.06. The molecule has 0 spiro atoms. The van der Waals surface area contributed by atoms with Crippen molar-refractivity contribution in [3.05, 3.63) is 47.4 Å². The minimum atomic E-state index is -3.64. The molecule has 1 aromatic heterocycles. The first kappa shape index (κ1) is 21.9. The Morgan fingerprint density at radius 2 is 1.87 bits per heavy atom. The molecule has 3 heterocycles. The lowest BCUT2D eigenvalue weighted by Gasteiger charge is -2.31. The van der Waals surface area contributed by atoms with E-state index in [4.69, 9.17) is 9.97 Å². The van der Waals surface area contributed by atoms with Gasteiger partial charge in [0.1, 0.15) is 11.6 Å². The summed E-state index contributed by atoms with van der Waals surface area (Å²) in [6, 6.07) is 8.09. The number of hydrogen-bond donors (Lipinski definition) is 0. The maximum atomic E-state index is 13.3. The van der Waals surface area contributed by atoms with E-state index in [0.29, 0.717) is 49.9 Å². The third-order valence-electron chi connectivity index (χ3n) is 6.14. The summed E-state index contributed by atoms with van der Waals surface area (Å²) in [6.07, 6.45) is 3.42. The summed E-state index contributed by atoms with van der Waals surface area (Å²) in [5, 5.41) is 0. The van der Waals surface area contributed by atoms with Crippen LogP contribution in [0.15, 0.2) is 35.2 Å². The molecule has 1 saturated heterocycles. The average molecular weight is 443 g/mol. The Balaban J connectivity index is 1.72. The molecule has 1 fully saturated rings. The first-order valence-corrected chi connectivity index (χ1v) is 12.5. The van der Waals surface area contributed by atoms with Crippen molar-refractivity contribution in [2.75, 3.05) is 18.0 Å². The third kappa shape index (κ3) is 4.23. The van der Waals surface area contributed by atoms with Gasteiger partial charge in [0, 0.05) is 30.8 Å². The van der Waals surface area contributed by atoms with Gasteiger partial charge in [-0.1, -0.05) is 32.0 Å². The number of carbonyl (C=O) groups excluding carboxylic acids is 1. The van der Waals surface area contributed by atoms with E-state index < -0.39 is 16.1 Å². The number of anilines is 1. The fraction of sp³-hybridized carbons (Fsp3) is 0.522. The Morgan fingerprint density at radius 1 is 1.13 bits per heavy atom. The number of hydrogen-bond acceptors (Lipinski definition) is 5. The van der Waals surface area contributed by atoms with Crippen molar-refractivity contribution in [1.82, 2.24) is 14.3 Å². The van der Waals surface area contributed by atoms with E-state index in [1.165, 1.54) is 4.31 Å². The van der Waals surface area contributed by atoms with Crippen LogP contribution in [0.5, 0.6) is 0 Å². The van der Waals surface area contributed by atoms with Crippen LogP contribution in [0.4, 0.5) is 5.82 Å². The van der Waals surface area contributed by atoms with Gasteiger partial charge in [0.15, 0.2) is 0 Å². The highest BCUT2D eigenvalue weighted by Crippen LogP contribution is 2.37. The average Bonchev–Trinajstić information content (AvgIpc) is 3.24. The van der Waals surface area contributed by atoms with E-state index >= 15 is 0 Å². The lowest BCUT2D eigenvalue weighted by molar-refractivity contribution is -0.119. The molecule has 7 nitrogen and oxygen atoms in total. The number of rotatable bonds is 6. The summed E-state index contributed by atoms with van der Waals surface area (Å²) < 4.78 is 28.1. The normalized spacial score (nSPS) is 19.8. The largest absolute Gasteiger partial charge is 0.296 e. The quantitative estimate of drug-likeness (QED) is 0.682. The lowest BCUT2D eigenvalue weighted by Crippen LogP contribution is -2.38. The van der Waals surface area contributed by atoms with Crippen molar-refractivity contribution < 1.29 is 13.2 Å². The second-order valence-corrected chi connectivity index (χ2v) is 10.7. The molecule has 2 aliphatic rings. The molecule has 166 valence electrons. The van der Waals surface area contributed by atoms with E-state index in [-0.39, 0.29) is 10.8 Å². The van der Waals surface area contributed by atoms with E-state index in [1.807, 2.05) is 6.92 Å². The van der Waals surface area contributed by atoms with Crippen LogP contribution in [0.2, 0.25) is 0 Å². The Hall–Kier alpha value is -2.32. The molecule has 1 amide bonds. The van der Waals surface area contributed by atoms with Crippen LogP contribution < -0.4 is 4.90 Å². The predicted octanol–water partition coefficient (Wildman–Crippen LogP) is 3.64. The summed E-state index contributed by atoms with van der Waals surface area (Å²) >= 11 is 0. The van der Waals surface area contributed by atoms with Crippen LogP contribution in [0.25, 0.3) is 0 Å². The van der Waals surface area contributed by atoms with Crippen molar-refractivity contribution in [3.8, 4) is 0 Å². The summed E-state index contributed by atoms with van der Waals surface area (Å²) in [7, 11) is -3.64. The van der Waals surface area contributed by atoms with Gasteiger partial charge in [-0.15, -0.1) is 0 Å². The van der Waals surface area contributed by atoms with Gasteiger partial charge in [-0.3, -0.25) is 9.69 Å². The number of aryl methyl sites for hydroxylation is 1. The monoisotopic (exact) mass is 442 g/mol. The number of nitrogens with zero attached hydrogens (tertiary/aromatic N) is 4. The van der Waals surface area contributed by atoms with E-state index in [2.05, 4.69) is 13.8 Å². The second-order valence-electron chi connectivity index (χ2n) is 8.78. The van der Waals surface area contributed by atoms with E-state index in [9.17, 15) is 13.2 Å². The second kappa shape index (κ2) is 8.67. The molecule has 0 aliphatic carbocycles. The summed E-state index contributed by atoms with van der Waals surface area (Å²) in [4.78, 5) is 24.3. The van der Waals surface area contributed by atoms with Crippen molar-refractivity contribution in [2.24, 2.45) is 5.92 Å². The van der Waals surface area contributed by atoms with Gasteiger partial charge in [-0.2, -0.15) is 4.31 Å². The Bertz CT molecular complexity index is 1070. The van der Waals surface area contributed by atoms with Gasteiger partial charge in [0.25, 0.3) is 0 Å². The Morgan fingerprint density at radius 3 is 2.58 bits per heavy atom. The third-order valence-corrected chi connectivity index (χ3v) is 8.06. The van der Waals surface area contributed by atoms with Crippen molar-refractivity contribution in [2.45, 2.75) is 63.8 Å². The van der Waals surface area contributed by atoms with Crippen molar-refractivity contribution in [1.29, 1.82) is 0 Å². The highest BCUT2D eigenvalue weighted by Gasteiger charge is 2.39. The Labute approximate surface area is 184 Å². The van der Waals surface area contributed by atoms with Crippen molar-refractivity contribution >= 4 is 21.7 Å². The highest BCUT2D eigenvalue weighted by atomic mass is 32.2. The van der Waals surface area contributed by atoms with E-state index in [1.54, 1.807) is 35.2 Å². The number of fused-ring (bicyclic) bond motifs is 1. The van der Waals surface area contributed by atoms with Gasteiger partial charge < -0.3 is 0 Å². The maximum Gasteiger partial charge on any atom is 0.243 e. The molecule has 0 saturated carbocycles. The maximum absolute atomic E-state index is 13.3. The van der Waals surface area contributed by atoms with Crippen LogP contribution >= 0.6 is 0 Å². The molecular weight excluding hydrogens is 412 g/mol. The molecule has 8 heteroatoms. The molecular formula is C23H30N4O3S. The first-order valence-electron chi connectivity index (χ1n) is 11.0. The minimum Gasteiger partial charge on any atom is -0.296 e. The molecule has 1 aromatic carbocycles. The minimum absolute atomic E-state index is 0.0809. The van der Waals surface area contributed by atoms with Crippen LogP contribution in [-0.4, -0.2) is 41.7 Å². The molecule has 0 N–H and O–H groups in total. The predicted molar refractivity (Wildman–Crippen MR) is 119 cm³/mol. The van der Waals surface area contributed by atoms with Gasteiger partial charge >= 0.3 is 0 Å². The molecule has 0 radical (unpaired) electrons. The molecule has 2 aromatic rings. The topological polar surface area (TPSA) is 83.5 Å². The zero-order valence-electron chi connectivity index (χ0n) is 18.4. The zero-order valence-corrected chi connectivity index (χ0v) is 19.2. The van der Waals surface area contributed by atoms with Gasteiger partial charge in [0.05, 0.1) is 10.9 Å². The standard InChI is InChI=1S/C23H30N4O3S/c1-16(2)13-15-26-21(28)12-11-19-17(3)24-22(25-23(19)26)20-10-7-14-27(20)31(29,30)18-8-5-4-6-9-18/h4-6,8-9,16,20H,7,10-15H2,1-3H3/t20-/m0/s1. The fourth-order valence-electron chi connectivity index (χ4n) is 4.38. The molecule has 0 bridgehead atoms. The number of amides is 1. The highest BCUT2D eigenvalue weighted by molar-refractivity contribution is 7.89. The molecule has 31 heavy (non-hydrogen) atoms. The molecule has 1 atom stereocenters. The van der Waals surface area contributed by atoms with Crippen molar-refractivity contribution in [3.63, 3.8) is 0 Å². The molecule has 0 unspecified atom stereocenters. The number of sulfonamides is 1. The summed E-state index contributed by atoms with van der Waals surface area (Å²) in [6.45, 7) is 7.27. The summed E-state index contributed by atoms with van der Waals surface area (Å²) in [5.74, 6) is 1.72. The molecule has 4 rings (SSSR count). The number of benzene rings is 1. The summed E-state index contributed by atoms with van der Waals surface area (Å²) in [5.41, 5.74) is 1.84. The van der Waals surface area contributed by atoms with Crippen LogP contribution in [0.3, 0.4) is 0 Å². The number of carbonyl (C=O) groups is 1. The zero-order chi connectivity index (χ0) is 22.2. The smallest absolute Gasteiger partial charge is 0.243 e. The van der Waals surface area contributed by atoms with E-state index in [0.717, 1.165) is 24.1 Å². The van der Waals surface area contributed by atoms with Gasteiger partial charge in [-0.05, 0) is 50.7 Å². The van der Waals surface area contributed by atoms with Gasteiger partial charge in [0.2, 0.25) is 15.9 Å². The molecule has 2 aliphatic heterocycles. The van der Waals surface area contributed by atoms with Crippen LogP contribution in [0.1, 0.15) is 62.7 Å².